The summed E-state index contributed by atoms with van der Waals surface area (Å²) < 4.78 is 4.85. The third kappa shape index (κ3) is 6.32. The molecule has 0 unspecified atom stereocenters. The molecular formula is C17H15ClN2O3. The molecule has 2 aromatic rings. The Kier molecular flexibility index (Phi) is 6.32. The summed E-state index contributed by atoms with van der Waals surface area (Å²) in [6.07, 6.45) is 4.37. The first-order chi connectivity index (χ1) is 11.1. The van der Waals surface area contributed by atoms with Crippen molar-refractivity contribution in [2.24, 2.45) is 0 Å². The molecule has 5 nitrogen and oxygen atoms in total. The molecule has 0 aliphatic carbocycles. The lowest BCUT2D eigenvalue weighted by molar-refractivity contribution is -0.143. The van der Waals surface area contributed by atoms with Crippen LogP contribution in [-0.2, 0) is 20.9 Å². The zero-order valence-electron chi connectivity index (χ0n) is 12.2. The van der Waals surface area contributed by atoms with Crippen LogP contribution in [0.15, 0.2) is 54.7 Å². The van der Waals surface area contributed by atoms with Crippen molar-refractivity contribution in [3.05, 3.63) is 71.0 Å². The second kappa shape index (κ2) is 8.70. The number of aromatic nitrogens is 1. The van der Waals surface area contributed by atoms with E-state index in [0.717, 1.165) is 5.56 Å². The van der Waals surface area contributed by atoms with Gasteiger partial charge in [0.05, 0.1) is 5.69 Å². The smallest absolute Gasteiger partial charge is 0.331 e. The molecule has 0 atom stereocenters. The number of ether oxygens (including phenoxy) is 1. The van der Waals surface area contributed by atoms with Gasteiger partial charge in [-0.3, -0.25) is 9.78 Å². The normalized spacial score (nSPS) is 10.5. The number of nitrogens with zero attached hydrogens (tertiary/aromatic N) is 1. The number of hydrogen-bond donors (Lipinski definition) is 1. The number of pyridine rings is 1. The van der Waals surface area contributed by atoms with E-state index < -0.39 is 5.97 Å². The molecule has 0 bridgehead atoms. The van der Waals surface area contributed by atoms with Crippen LogP contribution < -0.4 is 5.32 Å². The predicted octanol–water partition coefficient (Wildman–Crippen LogP) is 2.61. The number of nitrogens with one attached hydrogen (secondary N) is 1. The molecule has 0 aliphatic rings. The largest absolute Gasteiger partial charge is 0.452 e. The van der Waals surface area contributed by atoms with Crippen LogP contribution in [0.5, 0.6) is 0 Å². The summed E-state index contributed by atoms with van der Waals surface area (Å²) in [7, 11) is 0. The number of carbonyl (C=O) groups excluding carboxylic acids is 2. The maximum atomic E-state index is 11.6. The zero-order valence-corrected chi connectivity index (χ0v) is 13.0. The molecule has 0 radical (unpaired) electrons. The highest BCUT2D eigenvalue weighted by molar-refractivity contribution is 6.30. The highest BCUT2D eigenvalue weighted by Crippen LogP contribution is 2.10. The van der Waals surface area contributed by atoms with Crippen LogP contribution in [0.3, 0.4) is 0 Å². The summed E-state index contributed by atoms with van der Waals surface area (Å²) in [5.74, 6) is -0.988. The number of halogens is 1. The average molecular weight is 331 g/mol. The monoisotopic (exact) mass is 330 g/mol. The minimum atomic E-state index is -0.603. The number of esters is 1. The highest BCUT2D eigenvalue weighted by Gasteiger charge is 2.05. The van der Waals surface area contributed by atoms with E-state index in [1.165, 1.54) is 12.2 Å². The van der Waals surface area contributed by atoms with Gasteiger partial charge in [0, 0.05) is 23.8 Å². The van der Waals surface area contributed by atoms with Crippen LogP contribution in [0, 0.1) is 0 Å². The highest BCUT2D eigenvalue weighted by atomic mass is 35.5. The lowest BCUT2D eigenvalue weighted by Gasteiger charge is -2.05. The van der Waals surface area contributed by atoms with Gasteiger partial charge in [0.1, 0.15) is 0 Å². The summed E-state index contributed by atoms with van der Waals surface area (Å²) in [5, 5.41) is 3.24. The van der Waals surface area contributed by atoms with Crippen molar-refractivity contribution < 1.29 is 14.3 Å². The van der Waals surface area contributed by atoms with Crippen molar-refractivity contribution in [2.45, 2.75) is 6.54 Å². The first-order valence-electron chi connectivity index (χ1n) is 6.90. The first-order valence-corrected chi connectivity index (χ1v) is 7.28. The van der Waals surface area contributed by atoms with Crippen molar-refractivity contribution in [3.63, 3.8) is 0 Å². The minimum absolute atomic E-state index is 0.320. The lowest BCUT2D eigenvalue weighted by atomic mass is 10.2. The van der Waals surface area contributed by atoms with Crippen LogP contribution in [0.25, 0.3) is 6.08 Å². The van der Waals surface area contributed by atoms with Crippen LogP contribution >= 0.6 is 11.6 Å². The quantitative estimate of drug-likeness (QED) is 0.653. The lowest BCUT2D eigenvalue weighted by Crippen LogP contribution is -2.28. The number of carbonyl (C=O) groups is 2. The summed E-state index contributed by atoms with van der Waals surface area (Å²) in [6, 6.07) is 12.5. The molecule has 1 N–H and O–H groups in total. The second-order valence-corrected chi connectivity index (χ2v) is 5.04. The van der Waals surface area contributed by atoms with E-state index in [9.17, 15) is 9.59 Å². The molecule has 1 aromatic heterocycles. The first kappa shape index (κ1) is 16.7. The molecule has 118 valence electrons. The van der Waals surface area contributed by atoms with E-state index in [2.05, 4.69) is 10.3 Å². The molecule has 2 rings (SSSR count). The third-order valence-corrected chi connectivity index (χ3v) is 3.04. The summed E-state index contributed by atoms with van der Waals surface area (Å²) in [4.78, 5) is 27.2. The van der Waals surface area contributed by atoms with Crippen molar-refractivity contribution in [1.82, 2.24) is 10.3 Å². The Balaban J connectivity index is 1.71. The van der Waals surface area contributed by atoms with E-state index in [4.69, 9.17) is 16.3 Å². The molecule has 1 aromatic carbocycles. The van der Waals surface area contributed by atoms with Crippen LogP contribution in [0.4, 0.5) is 0 Å². The van der Waals surface area contributed by atoms with Crippen molar-refractivity contribution in [1.29, 1.82) is 0 Å². The van der Waals surface area contributed by atoms with Gasteiger partial charge in [-0.2, -0.15) is 0 Å². The molecule has 1 heterocycles. The maximum absolute atomic E-state index is 11.6. The van der Waals surface area contributed by atoms with E-state index in [1.54, 1.807) is 42.6 Å². The number of hydrogen-bond acceptors (Lipinski definition) is 4. The number of amides is 1. The van der Waals surface area contributed by atoms with Crippen LogP contribution in [-0.4, -0.2) is 23.5 Å². The number of rotatable bonds is 6. The molecule has 0 fully saturated rings. The van der Waals surface area contributed by atoms with E-state index in [1.807, 2.05) is 6.07 Å². The van der Waals surface area contributed by atoms with Gasteiger partial charge in [-0.05, 0) is 35.9 Å². The Morgan fingerprint density at radius 2 is 2.09 bits per heavy atom. The summed E-state index contributed by atoms with van der Waals surface area (Å²) in [6.45, 7) is -0.0212. The van der Waals surface area contributed by atoms with Crippen molar-refractivity contribution in [2.75, 3.05) is 6.61 Å². The molecule has 0 spiro atoms. The maximum Gasteiger partial charge on any atom is 0.331 e. The Hall–Kier alpha value is -2.66. The van der Waals surface area contributed by atoms with Gasteiger partial charge < -0.3 is 10.1 Å². The molecule has 0 saturated heterocycles. The molecule has 1 amide bonds. The van der Waals surface area contributed by atoms with Gasteiger partial charge in [0.2, 0.25) is 0 Å². The molecule has 23 heavy (non-hydrogen) atoms. The predicted molar refractivity (Wildman–Crippen MR) is 87.5 cm³/mol. The molecule has 6 heteroatoms. The summed E-state index contributed by atoms with van der Waals surface area (Å²) >= 11 is 5.85. The van der Waals surface area contributed by atoms with E-state index in [0.29, 0.717) is 17.3 Å². The fraction of sp³-hybridized carbons (Fsp3) is 0.118. The Morgan fingerprint density at radius 3 is 2.83 bits per heavy atom. The second-order valence-electron chi connectivity index (χ2n) is 4.60. The standard InChI is InChI=1S/C17H15ClN2O3/c18-14-5-3-4-13(10-14)11-20-16(21)12-23-17(22)8-7-15-6-1-2-9-19-15/h1-10H,11-12H2,(H,20,21)/b8-7+. The van der Waals surface area contributed by atoms with Crippen LogP contribution in [0.1, 0.15) is 11.3 Å². The summed E-state index contributed by atoms with van der Waals surface area (Å²) in [5.41, 5.74) is 1.50. The number of benzene rings is 1. The SMILES string of the molecule is O=C(COC(=O)/C=C/c1ccccn1)NCc1cccc(Cl)c1. The van der Waals surface area contributed by atoms with Gasteiger partial charge in [0.15, 0.2) is 6.61 Å². The topological polar surface area (TPSA) is 68.3 Å². The fourth-order valence-electron chi connectivity index (χ4n) is 1.71. The Labute approximate surface area is 138 Å². The van der Waals surface area contributed by atoms with Gasteiger partial charge in [-0.25, -0.2) is 4.79 Å². The van der Waals surface area contributed by atoms with Gasteiger partial charge >= 0.3 is 5.97 Å². The molecule has 0 aliphatic heterocycles. The zero-order chi connectivity index (χ0) is 16.5. The van der Waals surface area contributed by atoms with Gasteiger partial charge in [-0.1, -0.05) is 29.8 Å². The third-order valence-electron chi connectivity index (χ3n) is 2.80. The van der Waals surface area contributed by atoms with Crippen LogP contribution in [0.2, 0.25) is 5.02 Å². The Morgan fingerprint density at radius 1 is 1.22 bits per heavy atom. The van der Waals surface area contributed by atoms with Gasteiger partial charge in [-0.15, -0.1) is 0 Å². The Bertz CT molecular complexity index is 702. The molecular weight excluding hydrogens is 316 g/mol. The average Bonchev–Trinajstić information content (AvgIpc) is 2.57. The fourth-order valence-corrected chi connectivity index (χ4v) is 1.92. The molecule has 0 saturated carbocycles. The van der Waals surface area contributed by atoms with Crippen molar-refractivity contribution in [3.8, 4) is 0 Å². The van der Waals surface area contributed by atoms with E-state index >= 15 is 0 Å². The van der Waals surface area contributed by atoms with E-state index in [-0.39, 0.29) is 12.5 Å². The minimum Gasteiger partial charge on any atom is -0.452 e. The van der Waals surface area contributed by atoms with Crippen molar-refractivity contribution >= 4 is 29.6 Å². The van der Waals surface area contributed by atoms with Gasteiger partial charge in [0.25, 0.3) is 5.91 Å².